The van der Waals surface area contributed by atoms with Crippen molar-refractivity contribution in [2.75, 3.05) is 7.05 Å². The SMILES string of the molecule is Cc1ccc(-c2n[nH]c(=S)n2CCC(=O)N(C)Cc2cccc(Cl)c2Cl)cc1. The third-order valence-electron chi connectivity index (χ3n) is 4.48. The first-order valence-electron chi connectivity index (χ1n) is 8.76. The van der Waals surface area contributed by atoms with Gasteiger partial charge in [0.1, 0.15) is 0 Å². The Balaban J connectivity index is 1.69. The largest absolute Gasteiger partial charge is 0.341 e. The first-order chi connectivity index (χ1) is 13.4. The molecule has 0 aliphatic carbocycles. The lowest BCUT2D eigenvalue weighted by atomic mass is 10.1. The monoisotopic (exact) mass is 434 g/mol. The Kier molecular flexibility index (Phi) is 6.54. The second kappa shape index (κ2) is 8.90. The molecule has 146 valence electrons. The molecule has 1 N–H and O–H groups in total. The van der Waals surface area contributed by atoms with Crippen LogP contribution in [-0.4, -0.2) is 32.6 Å². The molecule has 0 fully saturated rings. The van der Waals surface area contributed by atoms with Gasteiger partial charge >= 0.3 is 0 Å². The second-order valence-electron chi connectivity index (χ2n) is 6.58. The highest BCUT2D eigenvalue weighted by Gasteiger charge is 2.15. The normalized spacial score (nSPS) is 10.9. The fraction of sp³-hybridized carbons (Fsp3) is 0.250. The van der Waals surface area contributed by atoms with Crippen LogP contribution in [0.15, 0.2) is 42.5 Å². The summed E-state index contributed by atoms with van der Waals surface area (Å²) in [5.74, 6) is 0.701. The van der Waals surface area contributed by atoms with E-state index in [2.05, 4.69) is 10.2 Å². The minimum atomic E-state index is -0.0194. The summed E-state index contributed by atoms with van der Waals surface area (Å²) < 4.78 is 2.34. The number of hydrogen-bond acceptors (Lipinski definition) is 3. The van der Waals surface area contributed by atoms with Crippen LogP contribution in [0, 0.1) is 11.7 Å². The van der Waals surface area contributed by atoms with Crippen LogP contribution >= 0.6 is 35.4 Å². The summed E-state index contributed by atoms with van der Waals surface area (Å²) in [6, 6.07) is 13.4. The van der Waals surface area contributed by atoms with Gasteiger partial charge in [-0.1, -0.05) is 65.2 Å². The summed E-state index contributed by atoms with van der Waals surface area (Å²) in [6.07, 6.45) is 0.293. The summed E-state index contributed by atoms with van der Waals surface area (Å²) >= 11 is 17.6. The fourth-order valence-corrected chi connectivity index (χ4v) is 3.46. The quantitative estimate of drug-likeness (QED) is 0.537. The number of nitrogens with one attached hydrogen (secondary N) is 1. The van der Waals surface area contributed by atoms with Crippen molar-refractivity contribution < 1.29 is 4.79 Å². The number of carbonyl (C=O) groups excluding carboxylic acids is 1. The van der Waals surface area contributed by atoms with E-state index in [1.54, 1.807) is 18.0 Å². The van der Waals surface area contributed by atoms with Gasteiger partial charge in [-0.3, -0.25) is 14.5 Å². The lowest BCUT2D eigenvalue weighted by molar-refractivity contribution is -0.130. The highest BCUT2D eigenvalue weighted by Crippen LogP contribution is 2.26. The molecule has 0 saturated carbocycles. The van der Waals surface area contributed by atoms with Crippen LogP contribution in [0.1, 0.15) is 17.5 Å². The first kappa shape index (κ1) is 20.6. The van der Waals surface area contributed by atoms with Gasteiger partial charge < -0.3 is 4.90 Å². The zero-order chi connectivity index (χ0) is 20.3. The zero-order valence-corrected chi connectivity index (χ0v) is 17.9. The minimum Gasteiger partial charge on any atom is -0.341 e. The number of nitrogens with zero attached hydrogens (tertiary/aromatic N) is 3. The molecule has 1 heterocycles. The van der Waals surface area contributed by atoms with Crippen molar-refractivity contribution in [3.63, 3.8) is 0 Å². The molecule has 2 aromatic carbocycles. The maximum absolute atomic E-state index is 12.6. The Morgan fingerprint density at radius 3 is 2.64 bits per heavy atom. The molecule has 0 aliphatic heterocycles. The van der Waals surface area contributed by atoms with Crippen molar-refractivity contribution in [2.45, 2.75) is 26.4 Å². The van der Waals surface area contributed by atoms with Gasteiger partial charge in [0, 0.05) is 32.1 Å². The minimum absolute atomic E-state index is 0.0194. The molecular weight excluding hydrogens is 415 g/mol. The van der Waals surface area contributed by atoms with Crippen LogP contribution < -0.4 is 0 Å². The molecule has 0 bridgehead atoms. The van der Waals surface area contributed by atoms with Crippen molar-refractivity contribution in [3.05, 3.63) is 68.4 Å². The highest BCUT2D eigenvalue weighted by atomic mass is 35.5. The van der Waals surface area contributed by atoms with E-state index in [-0.39, 0.29) is 5.91 Å². The van der Waals surface area contributed by atoms with Gasteiger partial charge in [0.2, 0.25) is 5.91 Å². The van der Waals surface area contributed by atoms with Crippen molar-refractivity contribution in [1.82, 2.24) is 19.7 Å². The number of carbonyl (C=O) groups is 1. The van der Waals surface area contributed by atoms with Gasteiger partial charge in [0.05, 0.1) is 10.0 Å². The average Bonchev–Trinajstić information content (AvgIpc) is 3.04. The number of rotatable bonds is 6. The maximum atomic E-state index is 12.6. The van der Waals surface area contributed by atoms with Crippen molar-refractivity contribution in [3.8, 4) is 11.4 Å². The third kappa shape index (κ3) is 4.63. The topological polar surface area (TPSA) is 53.9 Å². The lowest BCUT2D eigenvalue weighted by Gasteiger charge is -2.18. The molecule has 0 aliphatic rings. The molecule has 8 heteroatoms. The summed E-state index contributed by atoms with van der Waals surface area (Å²) in [7, 11) is 1.75. The summed E-state index contributed by atoms with van der Waals surface area (Å²) in [6.45, 7) is 2.85. The predicted octanol–water partition coefficient (Wildman–Crippen LogP) is 5.27. The molecule has 1 amide bonds. The highest BCUT2D eigenvalue weighted by molar-refractivity contribution is 7.71. The van der Waals surface area contributed by atoms with E-state index in [1.165, 1.54) is 5.56 Å². The molecule has 0 spiro atoms. The molecule has 3 aromatic rings. The number of aryl methyl sites for hydroxylation is 1. The number of aromatic amines is 1. The Bertz CT molecular complexity index is 1040. The van der Waals surface area contributed by atoms with E-state index in [9.17, 15) is 4.79 Å². The smallest absolute Gasteiger partial charge is 0.224 e. The van der Waals surface area contributed by atoms with Crippen LogP contribution in [0.5, 0.6) is 0 Å². The van der Waals surface area contributed by atoms with E-state index in [0.29, 0.717) is 34.3 Å². The number of halogens is 2. The van der Waals surface area contributed by atoms with Gasteiger partial charge in [-0.15, -0.1) is 0 Å². The van der Waals surface area contributed by atoms with E-state index in [0.717, 1.165) is 17.0 Å². The van der Waals surface area contributed by atoms with E-state index in [1.807, 2.05) is 47.9 Å². The first-order valence-corrected chi connectivity index (χ1v) is 9.92. The lowest BCUT2D eigenvalue weighted by Crippen LogP contribution is -2.27. The molecule has 5 nitrogen and oxygen atoms in total. The third-order valence-corrected chi connectivity index (χ3v) is 5.65. The second-order valence-corrected chi connectivity index (χ2v) is 7.75. The van der Waals surface area contributed by atoms with Crippen LogP contribution in [0.2, 0.25) is 10.0 Å². The van der Waals surface area contributed by atoms with Crippen LogP contribution in [0.4, 0.5) is 0 Å². The molecule has 0 unspecified atom stereocenters. The Morgan fingerprint density at radius 1 is 1.21 bits per heavy atom. The van der Waals surface area contributed by atoms with Crippen molar-refractivity contribution in [1.29, 1.82) is 0 Å². The molecule has 0 atom stereocenters. The van der Waals surface area contributed by atoms with E-state index in [4.69, 9.17) is 35.4 Å². The van der Waals surface area contributed by atoms with Gasteiger partial charge in [-0.25, -0.2) is 0 Å². The molecule has 0 saturated heterocycles. The number of hydrogen-bond donors (Lipinski definition) is 1. The summed E-state index contributed by atoms with van der Waals surface area (Å²) in [5, 5.41) is 8.09. The number of H-pyrrole nitrogens is 1. The number of amides is 1. The van der Waals surface area contributed by atoms with Crippen LogP contribution in [0.25, 0.3) is 11.4 Å². The Labute approximate surface area is 178 Å². The van der Waals surface area contributed by atoms with Gasteiger partial charge in [-0.05, 0) is 30.8 Å². The summed E-state index contributed by atoms with van der Waals surface area (Å²) in [4.78, 5) is 14.2. The number of aromatic nitrogens is 3. The zero-order valence-electron chi connectivity index (χ0n) is 15.6. The molecule has 3 rings (SSSR count). The summed E-state index contributed by atoms with van der Waals surface area (Å²) in [5.41, 5.74) is 2.93. The standard InChI is InChI=1S/C20H20Cl2N4OS/c1-13-6-8-14(9-7-13)19-23-24-20(28)26(19)11-10-17(27)25(2)12-15-4-3-5-16(21)18(15)22/h3-9H,10-12H2,1-2H3,(H,24,28). The molecule has 1 aromatic heterocycles. The Hall–Kier alpha value is -2.15. The fourth-order valence-electron chi connectivity index (χ4n) is 2.86. The van der Waals surface area contributed by atoms with Crippen molar-refractivity contribution in [2.24, 2.45) is 0 Å². The van der Waals surface area contributed by atoms with E-state index >= 15 is 0 Å². The van der Waals surface area contributed by atoms with E-state index < -0.39 is 0 Å². The average molecular weight is 435 g/mol. The van der Waals surface area contributed by atoms with Gasteiger partial charge in [0.25, 0.3) is 0 Å². The predicted molar refractivity (Wildman–Crippen MR) is 115 cm³/mol. The maximum Gasteiger partial charge on any atom is 0.224 e. The molecular formula is C20H20Cl2N4OS. The van der Waals surface area contributed by atoms with Crippen molar-refractivity contribution >= 4 is 41.3 Å². The molecule has 28 heavy (non-hydrogen) atoms. The van der Waals surface area contributed by atoms with Gasteiger partial charge in [0.15, 0.2) is 10.6 Å². The van der Waals surface area contributed by atoms with Crippen LogP contribution in [0.3, 0.4) is 0 Å². The van der Waals surface area contributed by atoms with Crippen LogP contribution in [-0.2, 0) is 17.9 Å². The van der Waals surface area contributed by atoms with Gasteiger partial charge in [-0.2, -0.15) is 5.10 Å². The Morgan fingerprint density at radius 2 is 1.93 bits per heavy atom. The number of benzene rings is 2. The molecule has 0 radical (unpaired) electrons.